The molecule has 0 fully saturated rings. The number of para-hydroxylation sites is 1. The van der Waals surface area contributed by atoms with E-state index in [1.165, 1.54) is 11.8 Å². The molecule has 22 heavy (non-hydrogen) atoms. The fourth-order valence-corrected chi connectivity index (χ4v) is 2.88. The van der Waals surface area contributed by atoms with Crippen molar-refractivity contribution in [3.8, 4) is 0 Å². The third-order valence-corrected chi connectivity index (χ3v) is 4.08. The molecule has 0 saturated heterocycles. The lowest BCUT2D eigenvalue weighted by atomic mass is 10.3. The van der Waals surface area contributed by atoms with E-state index in [-0.39, 0.29) is 5.91 Å². The van der Waals surface area contributed by atoms with Crippen LogP contribution < -0.4 is 10.6 Å². The van der Waals surface area contributed by atoms with E-state index >= 15 is 0 Å². The van der Waals surface area contributed by atoms with E-state index in [9.17, 15) is 9.59 Å². The Balaban J connectivity index is 1.87. The van der Waals surface area contributed by atoms with Crippen molar-refractivity contribution in [2.75, 3.05) is 5.32 Å². The molecule has 0 radical (unpaired) electrons. The highest BCUT2D eigenvalue weighted by Crippen LogP contribution is 2.25. The third-order valence-electron chi connectivity index (χ3n) is 2.75. The molecule has 3 amide bonds. The van der Waals surface area contributed by atoms with E-state index < -0.39 is 11.3 Å². The van der Waals surface area contributed by atoms with Crippen molar-refractivity contribution in [1.29, 1.82) is 0 Å². The van der Waals surface area contributed by atoms with Gasteiger partial charge in [-0.15, -0.1) is 11.8 Å². The van der Waals surface area contributed by atoms with Crippen molar-refractivity contribution in [3.05, 3.63) is 59.6 Å². The Hall–Kier alpha value is -1.98. The zero-order valence-electron chi connectivity index (χ0n) is 11.9. The predicted octanol–water partition coefficient (Wildman–Crippen LogP) is 4.17. The highest BCUT2D eigenvalue weighted by molar-refractivity contribution is 8.00. The van der Waals surface area contributed by atoms with Crippen molar-refractivity contribution in [2.24, 2.45) is 0 Å². The van der Waals surface area contributed by atoms with E-state index in [0.29, 0.717) is 10.7 Å². The predicted molar refractivity (Wildman–Crippen MR) is 90.4 cm³/mol. The van der Waals surface area contributed by atoms with Gasteiger partial charge in [0.15, 0.2) is 0 Å². The summed E-state index contributed by atoms with van der Waals surface area (Å²) in [6.45, 7) is 1.73. The van der Waals surface area contributed by atoms with Crippen LogP contribution in [0.25, 0.3) is 0 Å². The maximum atomic E-state index is 12.0. The second kappa shape index (κ2) is 7.87. The fourth-order valence-electron chi connectivity index (χ4n) is 1.70. The van der Waals surface area contributed by atoms with Crippen molar-refractivity contribution < 1.29 is 9.59 Å². The Morgan fingerprint density at radius 1 is 1.09 bits per heavy atom. The summed E-state index contributed by atoms with van der Waals surface area (Å²) in [6.07, 6.45) is 0. The summed E-state index contributed by atoms with van der Waals surface area (Å²) in [5, 5.41) is 5.11. The molecule has 0 aliphatic rings. The molecule has 0 aliphatic carbocycles. The number of imide groups is 1. The van der Waals surface area contributed by atoms with Crippen LogP contribution in [0.5, 0.6) is 0 Å². The first-order valence-electron chi connectivity index (χ1n) is 6.64. The molecule has 1 unspecified atom stereocenters. The normalized spacial score (nSPS) is 11.5. The number of nitrogens with one attached hydrogen (secondary N) is 2. The SMILES string of the molecule is CC(Sc1cccc(Cl)c1)C(=O)NC(=O)Nc1ccccc1. The van der Waals surface area contributed by atoms with Gasteiger partial charge in [-0.1, -0.05) is 35.9 Å². The van der Waals surface area contributed by atoms with Gasteiger partial charge in [-0.25, -0.2) is 4.79 Å². The molecule has 6 heteroatoms. The number of hydrogen-bond donors (Lipinski definition) is 2. The van der Waals surface area contributed by atoms with Crippen LogP contribution in [-0.2, 0) is 4.79 Å². The second-order valence-electron chi connectivity index (χ2n) is 4.53. The number of carbonyl (C=O) groups is 2. The van der Waals surface area contributed by atoms with Crippen LogP contribution in [0.1, 0.15) is 6.92 Å². The van der Waals surface area contributed by atoms with E-state index in [2.05, 4.69) is 10.6 Å². The van der Waals surface area contributed by atoms with Gasteiger partial charge in [-0.05, 0) is 37.3 Å². The van der Waals surface area contributed by atoms with Crippen LogP contribution in [0.2, 0.25) is 5.02 Å². The number of benzene rings is 2. The molecule has 114 valence electrons. The molecule has 0 aromatic heterocycles. The molecule has 2 N–H and O–H groups in total. The molecule has 1 atom stereocenters. The molecule has 2 rings (SSSR count). The zero-order valence-corrected chi connectivity index (χ0v) is 13.4. The summed E-state index contributed by atoms with van der Waals surface area (Å²) in [6, 6.07) is 15.6. The molecule has 4 nitrogen and oxygen atoms in total. The lowest BCUT2D eigenvalue weighted by Crippen LogP contribution is -2.38. The van der Waals surface area contributed by atoms with Gasteiger partial charge in [0.25, 0.3) is 0 Å². The standard InChI is InChI=1S/C16H15ClN2O2S/c1-11(22-14-9-5-6-12(17)10-14)15(20)19-16(21)18-13-7-3-2-4-8-13/h2-11H,1H3,(H2,18,19,20,21). The largest absolute Gasteiger partial charge is 0.325 e. The summed E-state index contributed by atoms with van der Waals surface area (Å²) in [5.74, 6) is -0.363. The highest BCUT2D eigenvalue weighted by Gasteiger charge is 2.17. The van der Waals surface area contributed by atoms with E-state index in [0.717, 1.165) is 4.90 Å². The summed E-state index contributed by atoms with van der Waals surface area (Å²) in [5.41, 5.74) is 0.628. The maximum Gasteiger partial charge on any atom is 0.325 e. The Labute approximate surface area is 138 Å². The van der Waals surface area contributed by atoms with Gasteiger partial charge < -0.3 is 5.32 Å². The number of urea groups is 1. The number of thioether (sulfide) groups is 1. The number of hydrogen-bond acceptors (Lipinski definition) is 3. The molecule has 0 bridgehead atoms. The second-order valence-corrected chi connectivity index (χ2v) is 6.38. The number of halogens is 1. The lowest BCUT2D eigenvalue weighted by molar-refractivity contribution is -0.119. The minimum atomic E-state index is -0.547. The van der Waals surface area contributed by atoms with Crippen molar-refractivity contribution in [2.45, 2.75) is 17.1 Å². The minimum absolute atomic E-state index is 0.363. The third kappa shape index (κ3) is 5.09. The van der Waals surface area contributed by atoms with Crippen LogP contribution in [0, 0.1) is 0 Å². The molecule has 0 saturated carbocycles. The molecule has 0 aliphatic heterocycles. The summed E-state index contributed by atoms with van der Waals surface area (Å²) >= 11 is 7.24. The van der Waals surface area contributed by atoms with Crippen molar-refractivity contribution in [1.82, 2.24) is 5.32 Å². The minimum Gasteiger partial charge on any atom is -0.308 e. The number of anilines is 1. The van der Waals surface area contributed by atoms with Crippen molar-refractivity contribution >= 4 is 41.0 Å². The lowest BCUT2D eigenvalue weighted by Gasteiger charge is -2.12. The van der Waals surface area contributed by atoms with Gasteiger partial charge >= 0.3 is 6.03 Å². The van der Waals surface area contributed by atoms with Gasteiger partial charge in [0, 0.05) is 15.6 Å². The molecule has 2 aromatic rings. The molecule has 0 spiro atoms. The van der Waals surface area contributed by atoms with Gasteiger partial charge in [0.1, 0.15) is 0 Å². The Morgan fingerprint density at radius 3 is 2.50 bits per heavy atom. The Kier molecular flexibility index (Phi) is 5.86. The van der Waals surface area contributed by atoms with Gasteiger partial charge in [-0.2, -0.15) is 0 Å². The van der Waals surface area contributed by atoms with Crippen LogP contribution in [0.4, 0.5) is 10.5 Å². The summed E-state index contributed by atoms with van der Waals surface area (Å²) in [4.78, 5) is 24.6. The number of carbonyl (C=O) groups excluding carboxylic acids is 2. The zero-order chi connectivity index (χ0) is 15.9. The number of amides is 3. The Morgan fingerprint density at radius 2 is 1.82 bits per heavy atom. The molecule has 0 heterocycles. The average Bonchev–Trinajstić information content (AvgIpc) is 2.48. The number of rotatable bonds is 4. The monoisotopic (exact) mass is 334 g/mol. The topological polar surface area (TPSA) is 58.2 Å². The maximum absolute atomic E-state index is 12.0. The quantitative estimate of drug-likeness (QED) is 0.825. The van der Waals surface area contributed by atoms with Crippen LogP contribution in [0.15, 0.2) is 59.5 Å². The van der Waals surface area contributed by atoms with E-state index in [1.807, 2.05) is 18.2 Å². The first-order chi connectivity index (χ1) is 10.5. The van der Waals surface area contributed by atoms with Gasteiger partial charge in [0.2, 0.25) is 5.91 Å². The van der Waals surface area contributed by atoms with Crippen LogP contribution in [-0.4, -0.2) is 17.2 Å². The van der Waals surface area contributed by atoms with Gasteiger partial charge in [0.05, 0.1) is 5.25 Å². The first-order valence-corrected chi connectivity index (χ1v) is 7.89. The Bertz CT molecular complexity index is 664. The highest BCUT2D eigenvalue weighted by atomic mass is 35.5. The molecular formula is C16H15ClN2O2S. The molecular weight excluding hydrogens is 320 g/mol. The smallest absolute Gasteiger partial charge is 0.308 e. The average molecular weight is 335 g/mol. The van der Waals surface area contributed by atoms with Gasteiger partial charge in [-0.3, -0.25) is 10.1 Å². The summed E-state index contributed by atoms with van der Waals surface area (Å²) < 4.78 is 0. The van der Waals surface area contributed by atoms with Crippen LogP contribution in [0.3, 0.4) is 0 Å². The molecule has 2 aromatic carbocycles. The first kappa shape index (κ1) is 16.4. The van der Waals surface area contributed by atoms with Crippen molar-refractivity contribution in [3.63, 3.8) is 0 Å². The van der Waals surface area contributed by atoms with E-state index in [1.54, 1.807) is 43.3 Å². The van der Waals surface area contributed by atoms with Crippen LogP contribution >= 0.6 is 23.4 Å². The summed E-state index contributed by atoms with van der Waals surface area (Å²) in [7, 11) is 0. The van der Waals surface area contributed by atoms with E-state index in [4.69, 9.17) is 11.6 Å². The fraction of sp³-hybridized carbons (Fsp3) is 0.125.